The van der Waals surface area contributed by atoms with E-state index in [-0.39, 0.29) is 5.54 Å². The summed E-state index contributed by atoms with van der Waals surface area (Å²) >= 11 is 0. The van der Waals surface area contributed by atoms with E-state index in [0.717, 1.165) is 31.2 Å². The van der Waals surface area contributed by atoms with Gasteiger partial charge in [0, 0.05) is 24.5 Å². The van der Waals surface area contributed by atoms with Gasteiger partial charge in [-0.2, -0.15) is 0 Å². The molecule has 19 heavy (non-hydrogen) atoms. The Hall–Kier alpha value is -0.570. The van der Waals surface area contributed by atoms with E-state index in [4.69, 9.17) is 5.73 Å². The van der Waals surface area contributed by atoms with Crippen molar-refractivity contribution >= 4 is 5.91 Å². The average molecular weight is 264 g/mol. The van der Waals surface area contributed by atoms with Crippen molar-refractivity contribution in [1.82, 2.24) is 4.90 Å². The van der Waals surface area contributed by atoms with Crippen LogP contribution in [0.15, 0.2) is 0 Å². The highest BCUT2D eigenvalue weighted by molar-refractivity contribution is 5.78. The molecule has 1 amide bonds. The second-order valence-corrected chi connectivity index (χ2v) is 7.26. The normalized spacial score (nSPS) is 37.4. The van der Waals surface area contributed by atoms with Crippen LogP contribution in [-0.4, -0.2) is 28.9 Å². The first-order valence-corrected chi connectivity index (χ1v) is 8.17. The number of hydrogen-bond donors (Lipinski definition) is 1. The molecule has 2 N–H and O–H groups in total. The Bertz CT molecular complexity index is 351. The lowest BCUT2D eigenvalue weighted by Gasteiger charge is -2.48. The van der Waals surface area contributed by atoms with Gasteiger partial charge in [-0.3, -0.25) is 4.79 Å². The van der Waals surface area contributed by atoms with Crippen molar-refractivity contribution < 1.29 is 4.79 Å². The minimum absolute atomic E-state index is 0.162. The molecule has 0 aromatic heterocycles. The van der Waals surface area contributed by atoms with E-state index in [0.29, 0.717) is 18.4 Å². The summed E-state index contributed by atoms with van der Waals surface area (Å²) in [6, 6.07) is 0.522. The fourth-order valence-electron chi connectivity index (χ4n) is 4.43. The topological polar surface area (TPSA) is 46.3 Å². The lowest BCUT2D eigenvalue weighted by molar-refractivity contribution is -0.141. The third kappa shape index (κ3) is 2.54. The van der Waals surface area contributed by atoms with Crippen LogP contribution in [0.3, 0.4) is 0 Å². The molecule has 108 valence electrons. The van der Waals surface area contributed by atoms with Gasteiger partial charge in [-0.1, -0.05) is 19.8 Å². The Morgan fingerprint density at radius 1 is 1.21 bits per heavy atom. The number of nitrogens with two attached hydrogens (primary N) is 1. The Kier molecular flexibility index (Phi) is 3.59. The standard InChI is InChI=1S/C16H28N2O/c1-12-7-10-18(14-6-3-2-5-13(12)14)15(19)11-16(17)8-4-9-16/h12-14H,2-11,17H2,1H3. The minimum atomic E-state index is -0.162. The highest BCUT2D eigenvalue weighted by Gasteiger charge is 2.42. The van der Waals surface area contributed by atoms with Crippen molar-refractivity contribution in [2.75, 3.05) is 6.54 Å². The molecule has 2 aliphatic carbocycles. The van der Waals surface area contributed by atoms with Crippen LogP contribution in [0.2, 0.25) is 0 Å². The van der Waals surface area contributed by atoms with Gasteiger partial charge in [-0.05, 0) is 50.4 Å². The molecule has 3 aliphatic rings. The lowest BCUT2D eigenvalue weighted by atomic mass is 9.71. The van der Waals surface area contributed by atoms with Crippen molar-refractivity contribution in [2.24, 2.45) is 17.6 Å². The van der Waals surface area contributed by atoms with Crippen LogP contribution in [0.25, 0.3) is 0 Å². The third-order valence-corrected chi connectivity index (χ3v) is 5.91. The number of carbonyl (C=O) groups is 1. The number of likely N-dealkylation sites (tertiary alicyclic amines) is 1. The van der Waals surface area contributed by atoms with Gasteiger partial charge in [-0.25, -0.2) is 0 Å². The van der Waals surface area contributed by atoms with E-state index in [1.54, 1.807) is 0 Å². The molecule has 0 radical (unpaired) electrons. The molecule has 3 fully saturated rings. The van der Waals surface area contributed by atoms with Gasteiger partial charge in [0.15, 0.2) is 0 Å². The van der Waals surface area contributed by atoms with Gasteiger partial charge >= 0.3 is 0 Å². The van der Waals surface area contributed by atoms with Crippen LogP contribution < -0.4 is 5.73 Å². The molecular formula is C16H28N2O. The van der Waals surface area contributed by atoms with Gasteiger partial charge < -0.3 is 10.6 Å². The maximum absolute atomic E-state index is 12.6. The SMILES string of the molecule is CC1CCN(C(=O)CC2(N)CCC2)C2CCCCC12. The molecular weight excluding hydrogens is 236 g/mol. The molecule has 3 atom stereocenters. The van der Waals surface area contributed by atoms with Crippen LogP contribution in [0.1, 0.15) is 64.7 Å². The van der Waals surface area contributed by atoms with Gasteiger partial charge in [0.2, 0.25) is 5.91 Å². The third-order valence-electron chi connectivity index (χ3n) is 5.91. The predicted octanol–water partition coefficient (Wildman–Crippen LogP) is 2.69. The molecule has 0 bridgehead atoms. The van der Waals surface area contributed by atoms with Crippen LogP contribution in [0.4, 0.5) is 0 Å². The summed E-state index contributed by atoms with van der Waals surface area (Å²) in [5, 5.41) is 0. The Balaban J connectivity index is 1.67. The van der Waals surface area contributed by atoms with E-state index in [9.17, 15) is 4.79 Å². The fraction of sp³-hybridized carbons (Fsp3) is 0.938. The summed E-state index contributed by atoms with van der Waals surface area (Å²) in [4.78, 5) is 14.8. The maximum Gasteiger partial charge on any atom is 0.224 e. The molecule has 1 aliphatic heterocycles. The minimum Gasteiger partial charge on any atom is -0.339 e. The summed E-state index contributed by atoms with van der Waals surface area (Å²) in [6.45, 7) is 3.35. The summed E-state index contributed by atoms with van der Waals surface area (Å²) < 4.78 is 0. The zero-order valence-corrected chi connectivity index (χ0v) is 12.2. The van der Waals surface area contributed by atoms with Gasteiger partial charge in [0.25, 0.3) is 0 Å². The van der Waals surface area contributed by atoms with E-state index >= 15 is 0 Å². The van der Waals surface area contributed by atoms with E-state index in [1.165, 1.54) is 38.5 Å². The smallest absolute Gasteiger partial charge is 0.224 e. The molecule has 3 rings (SSSR count). The van der Waals surface area contributed by atoms with Gasteiger partial charge in [-0.15, -0.1) is 0 Å². The number of hydrogen-bond acceptors (Lipinski definition) is 2. The lowest BCUT2D eigenvalue weighted by Crippen LogP contribution is -2.56. The molecule has 3 nitrogen and oxygen atoms in total. The summed E-state index contributed by atoms with van der Waals surface area (Å²) in [5.41, 5.74) is 6.10. The van der Waals surface area contributed by atoms with Crippen LogP contribution >= 0.6 is 0 Å². The Morgan fingerprint density at radius 2 is 1.95 bits per heavy atom. The number of fused-ring (bicyclic) bond motifs is 1. The highest BCUT2D eigenvalue weighted by Crippen LogP contribution is 2.40. The Morgan fingerprint density at radius 3 is 2.63 bits per heavy atom. The quantitative estimate of drug-likeness (QED) is 0.833. The van der Waals surface area contributed by atoms with Crippen LogP contribution in [0.5, 0.6) is 0 Å². The monoisotopic (exact) mass is 264 g/mol. The summed E-state index contributed by atoms with van der Waals surface area (Å²) in [5.74, 6) is 1.89. The molecule has 0 aromatic carbocycles. The molecule has 1 saturated heterocycles. The number of amides is 1. The average Bonchev–Trinajstić information content (AvgIpc) is 2.37. The molecule has 3 unspecified atom stereocenters. The second-order valence-electron chi connectivity index (χ2n) is 7.26. The predicted molar refractivity (Wildman–Crippen MR) is 76.6 cm³/mol. The van der Waals surface area contributed by atoms with Gasteiger partial charge in [0.1, 0.15) is 0 Å². The maximum atomic E-state index is 12.6. The first-order valence-electron chi connectivity index (χ1n) is 8.17. The highest BCUT2D eigenvalue weighted by atomic mass is 16.2. The van der Waals surface area contributed by atoms with Crippen molar-refractivity contribution in [3.05, 3.63) is 0 Å². The number of piperidine rings is 1. The van der Waals surface area contributed by atoms with Crippen LogP contribution in [0, 0.1) is 11.8 Å². The molecule has 0 aromatic rings. The number of carbonyl (C=O) groups excluding carboxylic acids is 1. The van der Waals surface area contributed by atoms with Crippen molar-refractivity contribution in [3.63, 3.8) is 0 Å². The Labute approximate surface area is 116 Å². The van der Waals surface area contributed by atoms with Crippen LogP contribution in [-0.2, 0) is 4.79 Å². The number of nitrogens with zero attached hydrogens (tertiary/aromatic N) is 1. The van der Waals surface area contributed by atoms with Gasteiger partial charge in [0.05, 0.1) is 0 Å². The fourth-order valence-corrected chi connectivity index (χ4v) is 4.43. The number of rotatable bonds is 2. The summed E-state index contributed by atoms with van der Waals surface area (Å²) in [7, 11) is 0. The zero-order chi connectivity index (χ0) is 13.5. The molecule has 1 heterocycles. The van der Waals surface area contributed by atoms with Crippen molar-refractivity contribution in [2.45, 2.75) is 76.3 Å². The molecule has 2 saturated carbocycles. The first-order chi connectivity index (χ1) is 9.09. The zero-order valence-electron chi connectivity index (χ0n) is 12.2. The van der Waals surface area contributed by atoms with E-state index in [2.05, 4.69) is 11.8 Å². The largest absolute Gasteiger partial charge is 0.339 e. The first kappa shape index (κ1) is 13.4. The van der Waals surface area contributed by atoms with E-state index in [1.807, 2.05) is 0 Å². The molecule has 0 spiro atoms. The second kappa shape index (κ2) is 5.08. The van der Waals surface area contributed by atoms with E-state index < -0.39 is 0 Å². The summed E-state index contributed by atoms with van der Waals surface area (Å²) in [6.07, 6.45) is 10.2. The van der Waals surface area contributed by atoms with Crippen molar-refractivity contribution in [3.8, 4) is 0 Å². The van der Waals surface area contributed by atoms with Crippen molar-refractivity contribution in [1.29, 1.82) is 0 Å². The molecule has 3 heteroatoms.